The summed E-state index contributed by atoms with van der Waals surface area (Å²) < 4.78 is 10.8. The number of nitrogens with one attached hydrogen (secondary N) is 1. The molecule has 3 rings (SSSR count). The van der Waals surface area contributed by atoms with Crippen LogP contribution in [0.2, 0.25) is 5.02 Å². The molecule has 0 radical (unpaired) electrons. The average molecular weight is 418 g/mol. The first-order valence-electron chi connectivity index (χ1n) is 8.05. The Balaban J connectivity index is 1.69. The molecular formula is C18H12ClN3O7. The molecule has 0 spiro atoms. The van der Waals surface area contributed by atoms with Gasteiger partial charge >= 0.3 is 5.69 Å². The number of anilines is 1. The maximum atomic E-state index is 12.3. The summed E-state index contributed by atoms with van der Waals surface area (Å²) in [6.45, 7) is -0.143. The van der Waals surface area contributed by atoms with Crippen LogP contribution in [-0.4, -0.2) is 15.8 Å². The molecule has 1 heterocycles. The predicted octanol–water partition coefficient (Wildman–Crippen LogP) is 4.58. The van der Waals surface area contributed by atoms with Crippen LogP contribution in [0.5, 0.6) is 5.75 Å². The summed E-state index contributed by atoms with van der Waals surface area (Å²) in [6, 6.07) is 12.3. The number of carbonyl (C=O) groups is 1. The summed E-state index contributed by atoms with van der Waals surface area (Å²) in [6.07, 6.45) is 0. The second-order valence-electron chi connectivity index (χ2n) is 5.65. The Hall–Kier alpha value is -3.92. The Morgan fingerprint density at radius 1 is 1.07 bits per heavy atom. The number of para-hydroxylation sites is 2. The van der Waals surface area contributed by atoms with Gasteiger partial charge in [-0.05, 0) is 24.3 Å². The zero-order valence-corrected chi connectivity index (χ0v) is 15.3. The van der Waals surface area contributed by atoms with E-state index in [0.717, 1.165) is 6.07 Å². The van der Waals surface area contributed by atoms with Crippen molar-refractivity contribution in [1.82, 2.24) is 0 Å². The molecule has 2 aromatic carbocycles. The number of hydrogen-bond acceptors (Lipinski definition) is 7. The van der Waals surface area contributed by atoms with Crippen LogP contribution in [0, 0.1) is 20.2 Å². The highest BCUT2D eigenvalue weighted by Gasteiger charge is 2.17. The smallest absolute Gasteiger partial charge is 0.310 e. The number of carbonyl (C=O) groups excluding carboxylic acids is 1. The zero-order valence-electron chi connectivity index (χ0n) is 14.5. The number of benzene rings is 2. The third-order valence-corrected chi connectivity index (χ3v) is 4.06. The standard InChI is InChI=1S/C18H12ClN3O7/c19-13-7-5-11(21(24)25)9-14(13)20-18(23)17-8-6-12(29-17)10-28-16-4-2-1-3-15(16)22(26)27/h1-9H,10H2,(H,20,23). The van der Waals surface area contributed by atoms with Crippen LogP contribution in [0.3, 0.4) is 0 Å². The third kappa shape index (κ3) is 4.68. The fourth-order valence-corrected chi connectivity index (χ4v) is 2.53. The molecule has 10 nitrogen and oxygen atoms in total. The van der Waals surface area contributed by atoms with Crippen molar-refractivity contribution in [2.45, 2.75) is 6.61 Å². The molecule has 1 amide bonds. The predicted molar refractivity (Wildman–Crippen MR) is 102 cm³/mol. The first-order chi connectivity index (χ1) is 13.8. The summed E-state index contributed by atoms with van der Waals surface area (Å²) in [7, 11) is 0. The Morgan fingerprint density at radius 2 is 1.83 bits per heavy atom. The van der Waals surface area contributed by atoms with Crippen LogP contribution >= 0.6 is 11.6 Å². The minimum absolute atomic E-state index is 0.0555. The lowest BCUT2D eigenvalue weighted by atomic mass is 10.2. The van der Waals surface area contributed by atoms with Crippen molar-refractivity contribution in [3.8, 4) is 5.75 Å². The van der Waals surface area contributed by atoms with Crippen LogP contribution in [-0.2, 0) is 6.61 Å². The lowest BCUT2D eigenvalue weighted by Gasteiger charge is -2.06. The van der Waals surface area contributed by atoms with Gasteiger partial charge in [0.05, 0.1) is 20.6 Å². The average Bonchev–Trinajstić information content (AvgIpc) is 3.17. The van der Waals surface area contributed by atoms with E-state index in [2.05, 4.69) is 5.32 Å². The van der Waals surface area contributed by atoms with Crippen molar-refractivity contribution in [1.29, 1.82) is 0 Å². The van der Waals surface area contributed by atoms with Crippen LogP contribution in [0.25, 0.3) is 0 Å². The highest BCUT2D eigenvalue weighted by atomic mass is 35.5. The van der Waals surface area contributed by atoms with Gasteiger partial charge in [0, 0.05) is 18.2 Å². The minimum atomic E-state index is -0.677. The number of halogens is 1. The molecule has 0 unspecified atom stereocenters. The van der Waals surface area contributed by atoms with Crippen molar-refractivity contribution < 1.29 is 23.8 Å². The Kier molecular flexibility index (Phi) is 5.74. The van der Waals surface area contributed by atoms with Crippen LogP contribution < -0.4 is 10.1 Å². The monoisotopic (exact) mass is 417 g/mol. The number of furan rings is 1. The number of rotatable bonds is 7. The van der Waals surface area contributed by atoms with Gasteiger partial charge in [-0.3, -0.25) is 25.0 Å². The van der Waals surface area contributed by atoms with Gasteiger partial charge in [-0.1, -0.05) is 23.7 Å². The molecule has 0 saturated heterocycles. The summed E-state index contributed by atoms with van der Waals surface area (Å²) in [5.41, 5.74) is -0.375. The van der Waals surface area contributed by atoms with Gasteiger partial charge in [-0.2, -0.15) is 0 Å². The largest absolute Gasteiger partial charge is 0.479 e. The normalized spacial score (nSPS) is 10.4. The van der Waals surface area contributed by atoms with E-state index < -0.39 is 15.8 Å². The van der Waals surface area contributed by atoms with Gasteiger partial charge in [0.15, 0.2) is 11.5 Å². The fraction of sp³-hybridized carbons (Fsp3) is 0.0556. The van der Waals surface area contributed by atoms with E-state index in [0.29, 0.717) is 0 Å². The topological polar surface area (TPSA) is 138 Å². The van der Waals surface area contributed by atoms with E-state index in [4.69, 9.17) is 20.8 Å². The Morgan fingerprint density at radius 3 is 2.55 bits per heavy atom. The van der Waals surface area contributed by atoms with E-state index in [-0.39, 0.29) is 46.0 Å². The van der Waals surface area contributed by atoms with Gasteiger partial charge in [-0.25, -0.2) is 0 Å². The van der Waals surface area contributed by atoms with Crippen molar-refractivity contribution in [2.24, 2.45) is 0 Å². The SMILES string of the molecule is O=C(Nc1cc([N+](=O)[O-])ccc1Cl)c1ccc(COc2ccccc2[N+](=O)[O-])o1. The molecule has 0 saturated carbocycles. The number of amides is 1. The van der Waals surface area contributed by atoms with Gasteiger partial charge in [0.1, 0.15) is 12.4 Å². The van der Waals surface area contributed by atoms with Crippen LogP contribution in [0.15, 0.2) is 59.0 Å². The minimum Gasteiger partial charge on any atom is -0.479 e. The summed E-state index contributed by atoms with van der Waals surface area (Å²) in [5.74, 6) is -0.459. The lowest BCUT2D eigenvalue weighted by molar-refractivity contribution is -0.386. The first-order valence-corrected chi connectivity index (χ1v) is 8.43. The molecule has 148 valence electrons. The molecule has 0 aliphatic carbocycles. The fourth-order valence-electron chi connectivity index (χ4n) is 2.36. The van der Waals surface area contributed by atoms with Crippen molar-refractivity contribution in [3.63, 3.8) is 0 Å². The van der Waals surface area contributed by atoms with Gasteiger partial charge in [-0.15, -0.1) is 0 Å². The first kappa shape index (κ1) is 19.8. The quantitative estimate of drug-likeness (QED) is 0.438. The molecule has 0 fully saturated rings. The molecule has 0 aliphatic rings. The molecule has 11 heteroatoms. The molecule has 1 N–H and O–H groups in total. The van der Waals surface area contributed by atoms with Crippen LogP contribution in [0.4, 0.5) is 17.1 Å². The Bertz CT molecular complexity index is 1100. The maximum absolute atomic E-state index is 12.3. The Labute approximate surface area is 168 Å². The highest BCUT2D eigenvalue weighted by molar-refractivity contribution is 6.34. The van der Waals surface area contributed by atoms with E-state index in [1.54, 1.807) is 6.07 Å². The molecule has 29 heavy (non-hydrogen) atoms. The van der Waals surface area contributed by atoms with E-state index in [9.17, 15) is 25.0 Å². The van der Waals surface area contributed by atoms with E-state index in [1.165, 1.54) is 42.5 Å². The second kappa shape index (κ2) is 8.40. The van der Waals surface area contributed by atoms with E-state index >= 15 is 0 Å². The number of hydrogen-bond donors (Lipinski definition) is 1. The zero-order chi connectivity index (χ0) is 21.0. The summed E-state index contributed by atoms with van der Waals surface area (Å²) >= 11 is 5.95. The van der Waals surface area contributed by atoms with E-state index in [1.807, 2.05) is 0 Å². The summed E-state index contributed by atoms with van der Waals surface area (Å²) in [5, 5.41) is 24.4. The maximum Gasteiger partial charge on any atom is 0.310 e. The number of non-ortho nitro benzene ring substituents is 1. The van der Waals surface area contributed by atoms with Gasteiger partial charge in [0.25, 0.3) is 11.6 Å². The lowest BCUT2D eigenvalue weighted by Crippen LogP contribution is -2.11. The molecule has 3 aromatic rings. The van der Waals surface area contributed by atoms with Crippen molar-refractivity contribution in [2.75, 3.05) is 5.32 Å². The van der Waals surface area contributed by atoms with Crippen molar-refractivity contribution in [3.05, 3.63) is 91.4 Å². The number of nitro benzene ring substituents is 2. The molecule has 0 aliphatic heterocycles. The van der Waals surface area contributed by atoms with Gasteiger partial charge in [0.2, 0.25) is 0 Å². The number of ether oxygens (including phenoxy) is 1. The highest BCUT2D eigenvalue weighted by Crippen LogP contribution is 2.28. The van der Waals surface area contributed by atoms with Crippen molar-refractivity contribution >= 4 is 34.6 Å². The summed E-state index contributed by atoms with van der Waals surface area (Å²) in [4.78, 5) is 33.0. The second-order valence-corrected chi connectivity index (χ2v) is 6.06. The van der Waals surface area contributed by atoms with Gasteiger partial charge < -0.3 is 14.5 Å². The number of nitro groups is 2. The third-order valence-electron chi connectivity index (χ3n) is 3.73. The molecule has 0 atom stereocenters. The molecular weight excluding hydrogens is 406 g/mol. The number of nitrogens with zero attached hydrogens (tertiary/aromatic N) is 2. The van der Waals surface area contributed by atoms with Crippen LogP contribution in [0.1, 0.15) is 16.3 Å². The molecule has 0 bridgehead atoms. The molecule has 1 aromatic heterocycles.